The van der Waals surface area contributed by atoms with Gasteiger partial charge in [0, 0.05) is 31.4 Å². The van der Waals surface area contributed by atoms with Crippen LogP contribution in [0.15, 0.2) is 36.5 Å². The summed E-state index contributed by atoms with van der Waals surface area (Å²) >= 11 is 0. The van der Waals surface area contributed by atoms with Gasteiger partial charge >= 0.3 is 0 Å². The second-order valence-corrected chi connectivity index (χ2v) is 5.36. The molecule has 5 nitrogen and oxygen atoms in total. The Morgan fingerprint density at radius 2 is 1.88 bits per heavy atom. The van der Waals surface area contributed by atoms with Gasteiger partial charge < -0.3 is 15.0 Å². The molecule has 0 unspecified atom stereocenters. The summed E-state index contributed by atoms with van der Waals surface area (Å²) in [4.78, 5) is 18.5. The molecule has 0 radical (unpaired) electrons. The second kappa shape index (κ2) is 7.35. The monoisotopic (exact) mass is 333 g/mol. The second-order valence-electron chi connectivity index (χ2n) is 5.36. The number of ether oxygens (including phenoxy) is 1. The number of aromatic nitrogens is 1. The maximum Gasteiger partial charge on any atom is 0.257 e. The molecule has 2 heterocycles. The molecule has 0 atom stereocenters. The predicted molar refractivity (Wildman–Crippen MR) is 84.8 cm³/mol. The highest BCUT2D eigenvalue weighted by molar-refractivity contribution is 5.94. The van der Waals surface area contributed by atoms with Crippen LogP contribution in [0.25, 0.3) is 0 Å². The van der Waals surface area contributed by atoms with E-state index in [2.05, 4.69) is 15.2 Å². The average Bonchev–Trinajstić information content (AvgIpc) is 2.61. The van der Waals surface area contributed by atoms with E-state index >= 15 is 0 Å². The van der Waals surface area contributed by atoms with E-state index in [1.54, 1.807) is 12.3 Å². The molecule has 1 N–H and O–H groups in total. The number of amides is 1. The van der Waals surface area contributed by atoms with Crippen LogP contribution in [0.1, 0.15) is 15.9 Å². The Bertz CT molecular complexity index is 713. The Morgan fingerprint density at radius 3 is 2.58 bits per heavy atom. The Labute approximate surface area is 138 Å². The van der Waals surface area contributed by atoms with Gasteiger partial charge in [-0.15, -0.1) is 0 Å². The zero-order chi connectivity index (χ0) is 16.9. The van der Waals surface area contributed by atoms with Crippen molar-refractivity contribution in [3.05, 3.63) is 59.3 Å². The molecule has 1 aromatic carbocycles. The molecule has 126 valence electrons. The van der Waals surface area contributed by atoms with Crippen molar-refractivity contribution in [3.8, 4) is 0 Å². The van der Waals surface area contributed by atoms with Crippen LogP contribution in [-0.2, 0) is 11.3 Å². The first kappa shape index (κ1) is 16.3. The van der Waals surface area contributed by atoms with Gasteiger partial charge in [-0.3, -0.25) is 4.79 Å². The largest absolute Gasteiger partial charge is 0.378 e. The number of hydrogen-bond acceptors (Lipinski definition) is 4. The number of hydrogen-bond donors (Lipinski definition) is 1. The zero-order valence-electron chi connectivity index (χ0n) is 13.0. The summed E-state index contributed by atoms with van der Waals surface area (Å²) < 4.78 is 32.6. The Morgan fingerprint density at radius 1 is 1.17 bits per heavy atom. The lowest BCUT2D eigenvalue weighted by Crippen LogP contribution is -2.38. The molecule has 7 heteroatoms. The van der Waals surface area contributed by atoms with E-state index in [9.17, 15) is 13.6 Å². The number of benzene rings is 1. The highest BCUT2D eigenvalue weighted by Gasteiger charge is 2.19. The molecule has 0 saturated carbocycles. The molecule has 1 fully saturated rings. The fraction of sp³-hybridized carbons (Fsp3) is 0.294. The van der Waals surface area contributed by atoms with Gasteiger partial charge in [0.15, 0.2) is 0 Å². The van der Waals surface area contributed by atoms with E-state index in [1.807, 2.05) is 6.07 Å². The van der Waals surface area contributed by atoms with E-state index in [0.717, 1.165) is 23.5 Å². The van der Waals surface area contributed by atoms with E-state index < -0.39 is 23.1 Å². The van der Waals surface area contributed by atoms with Crippen LogP contribution in [0.3, 0.4) is 0 Å². The maximum absolute atomic E-state index is 13.7. The van der Waals surface area contributed by atoms with Crippen LogP contribution in [0.5, 0.6) is 0 Å². The summed E-state index contributed by atoms with van der Waals surface area (Å²) in [5.74, 6) is -1.81. The Hall–Kier alpha value is -2.54. The number of carbonyl (C=O) groups excluding carboxylic acids is 1. The summed E-state index contributed by atoms with van der Waals surface area (Å²) in [5, 5.41) is 2.56. The van der Waals surface area contributed by atoms with Gasteiger partial charge in [-0.2, -0.15) is 0 Å². The number of pyridine rings is 1. The summed E-state index contributed by atoms with van der Waals surface area (Å²) in [7, 11) is 0. The minimum atomic E-state index is -0.882. The first-order valence-electron chi connectivity index (χ1n) is 7.65. The van der Waals surface area contributed by atoms with Crippen LogP contribution in [0, 0.1) is 11.6 Å². The number of anilines is 1. The summed E-state index contributed by atoms with van der Waals surface area (Å²) in [5.41, 5.74) is 0.207. The Kier molecular flexibility index (Phi) is 5.00. The van der Waals surface area contributed by atoms with Crippen molar-refractivity contribution < 1.29 is 18.3 Å². The first-order chi connectivity index (χ1) is 11.7. The van der Waals surface area contributed by atoms with E-state index in [4.69, 9.17) is 4.74 Å². The molecule has 1 amide bonds. The molecule has 1 aromatic heterocycles. The normalized spacial score (nSPS) is 14.5. The van der Waals surface area contributed by atoms with Crippen LogP contribution < -0.4 is 10.2 Å². The topological polar surface area (TPSA) is 54.5 Å². The van der Waals surface area contributed by atoms with Crippen molar-refractivity contribution >= 4 is 11.7 Å². The number of nitrogens with zero attached hydrogens (tertiary/aromatic N) is 2. The number of nitrogens with one attached hydrogen (secondary N) is 1. The minimum absolute atomic E-state index is 0.132. The summed E-state index contributed by atoms with van der Waals surface area (Å²) in [6.45, 7) is 2.78. The van der Waals surface area contributed by atoms with Crippen molar-refractivity contribution in [2.75, 3.05) is 31.2 Å². The molecule has 3 rings (SSSR count). The van der Waals surface area contributed by atoms with Gasteiger partial charge in [-0.05, 0) is 18.2 Å². The fourth-order valence-corrected chi connectivity index (χ4v) is 2.61. The molecule has 1 aliphatic heterocycles. The third-order valence-electron chi connectivity index (χ3n) is 3.81. The predicted octanol–water partition coefficient (Wildman–Crippen LogP) is 2.13. The van der Waals surface area contributed by atoms with Crippen molar-refractivity contribution in [2.24, 2.45) is 0 Å². The molecular weight excluding hydrogens is 316 g/mol. The molecule has 24 heavy (non-hydrogen) atoms. The van der Waals surface area contributed by atoms with Gasteiger partial charge in [-0.25, -0.2) is 13.8 Å². The number of carbonyl (C=O) groups is 1. The third kappa shape index (κ3) is 3.51. The van der Waals surface area contributed by atoms with Crippen molar-refractivity contribution in [1.82, 2.24) is 10.3 Å². The quantitative estimate of drug-likeness (QED) is 0.931. The number of halogens is 2. The molecule has 0 spiro atoms. The van der Waals surface area contributed by atoms with Gasteiger partial charge in [0.05, 0.1) is 13.2 Å². The van der Waals surface area contributed by atoms with E-state index in [0.29, 0.717) is 26.3 Å². The van der Waals surface area contributed by atoms with E-state index in [1.165, 1.54) is 6.07 Å². The molecule has 1 aliphatic rings. The highest BCUT2D eigenvalue weighted by atomic mass is 19.1. The number of rotatable bonds is 4. The van der Waals surface area contributed by atoms with Gasteiger partial charge in [0.25, 0.3) is 5.91 Å². The van der Waals surface area contributed by atoms with Crippen LogP contribution in [0.4, 0.5) is 14.6 Å². The Balaban J connectivity index is 1.74. The van der Waals surface area contributed by atoms with Crippen LogP contribution in [-0.4, -0.2) is 37.2 Å². The SMILES string of the molecule is O=C(NCc1cccnc1N1CCOCC1)c1c(F)cccc1F. The molecule has 1 saturated heterocycles. The minimum Gasteiger partial charge on any atom is -0.378 e. The average molecular weight is 333 g/mol. The first-order valence-corrected chi connectivity index (χ1v) is 7.65. The van der Waals surface area contributed by atoms with Crippen LogP contribution in [0.2, 0.25) is 0 Å². The lowest BCUT2D eigenvalue weighted by molar-refractivity contribution is 0.0942. The lowest BCUT2D eigenvalue weighted by Gasteiger charge is -2.29. The smallest absolute Gasteiger partial charge is 0.257 e. The van der Waals surface area contributed by atoms with Gasteiger partial charge in [0.1, 0.15) is 23.0 Å². The van der Waals surface area contributed by atoms with E-state index in [-0.39, 0.29) is 6.54 Å². The highest BCUT2D eigenvalue weighted by Crippen LogP contribution is 2.19. The summed E-state index contributed by atoms with van der Waals surface area (Å²) in [6, 6.07) is 6.92. The summed E-state index contributed by atoms with van der Waals surface area (Å²) in [6.07, 6.45) is 1.67. The molecular formula is C17H17F2N3O2. The van der Waals surface area contributed by atoms with Crippen molar-refractivity contribution in [3.63, 3.8) is 0 Å². The van der Waals surface area contributed by atoms with Crippen molar-refractivity contribution in [2.45, 2.75) is 6.54 Å². The van der Waals surface area contributed by atoms with Crippen molar-refractivity contribution in [1.29, 1.82) is 0 Å². The van der Waals surface area contributed by atoms with Gasteiger partial charge in [-0.1, -0.05) is 12.1 Å². The number of morpholine rings is 1. The molecule has 0 aliphatic carbocycles. The zero-order valence-corrected chi connectivity index (χ0v) is 13.0. The lowest BCUT2D eigenvalue weighted by atomic mass is 10.1. The molecule has 0 bridgehead atoms. The maximum atomic E-state index is 13.7. The van der Waals surface area contributed by atoms with Gasteiger partial charge in [0.2, 0.25) is 0 Å². The third-order valence-corrected chi connectivity index (χ3v) is 3.81. The van der Waals surface area contributed by atoms with Crippen LogP contribution >= 0.6 is 0 Å². The molecule has 2 aromatic rings. The fourth-order valence-electron chi connectivity index (χ4n) is 2.61. The standard InChI is InChI=1S/C17H17F2N3O2/c18-13-4-1-5-14(19)15(13)17(23)21-11-12-3-2-6-20-16(12)22-7-9-24-10-8-22/h1-6H,7-11H2,(H,21,23).